The second-order valence-electron chi connectivity index (χ2n) is 4.83. The molecular formula is C13H26N2. The molecule has 0 amide bonds. The monoisotopic (exact) mass is 210 g/mol. The van der Waals surface area contributed by atoms with Crippen molar-refractivity contribution >= 4 is 0 Å². The molecule has 0 bridgehead atoms. The lowest BCUT2D eigenvalue weighted by molar-refractivity contribution is 0.230. The van der Waals surface area contributed by atoms with Crippen LogP contribution in [-0.2, 0) is 0 Å². The van der Waals surface area contributed by atoms with E-state index in [1.807, 2.05) is 0 Å². The maximum Gasteiger partial charge on any atom is 0.0165 e. The molecule has 2 nitrogen and oxygen atoms in total. The quantitative estimate of drug-likeness (QED) is 0.700. The van der Waals surface area contributed by atoms with Gasteiger partial charge in [-0.15, -0.1) is 0 Å². The Kier molecular flexibility index (Phi) is 5.96. The Balaban J connectivity index is 2.28. The predicted octanol–water partition coefficient (Wildman–Crippen LogP) is 2.27. The van der Waals surface area contributed by atoms with Gasteiger partial charge in [-0.25, -0.2) is 0 Å². The number of rotatable bonds is 5. The van der Waals surface area contributed by atoms with E-state index < -0.39 is 0 Å². The maximum absolute atomic E-state index is 3.43. The predicted molar refractivity (Wildman–Crippen MR) is 67.1 cm³/mol. The third kappa shape index (κ3) is 5.33. The largest absolute Gasteiger partial charge is 0.317 e. The summed E-state index contributed by atoms with van der Waals surface area (Å²) < 4.78 is 0. The highest BCUT2D eigenvalue weighted by atomic mass is 15.1. The number of allylic oxidation sites excluding steroid dienone is 1. The average Bonchev–Trinajstić information content (AvgIpc) is 2.25. The van der Waals surface area contributed by atoms with Crippen molar-refractivity contribution in [1.29, 1.82) is 0 Å². The smallest absolute Gasteiger partial charge is 0.0165 e. The minimum Gasteiger partial charge on any atom is -0.317 e. The van der Waals surface area contributed by atoms with Crippen molar-refractivity contribution in [1.82, 2.24) is 10.2 Å². The van der Waals surface area contributed by atoms with Crippen LogP contribution in [0.5, 0.6) is 0 Å². The van der Waals surface area contributed by atoms with Gasteiger partial charge in [0.15, 0.2) is 0 Å². The van der Waals surface area contributed by atoms with E-state index in [-0.39, 0.29) is 0 Å². The van der Waals surface area contributed by atoms with Gasteiger partial charge in [0.05, 0.1) is 0 Å². The lowest BCUT2D eigenvalue weighted by Gasteiger charge is -2.28. The molecule has 15 heavy (non-hydrogen) atoms. The zero-order valence-electron chi connectivity index (χ0n) is 10.6. The van der Waals surface area contributed by atoms with Gasteiger partial charge in [-0.05, 0) is 52.2 Å². The van der Waals surface area contributed by atoms with E-state index >= 15 is 0 Å². The highest BCUT2D eigenvalue weighted by Gasteiger charge is 2.15. The Morgan fingerprint density at radius 3 is 2.53 bits per heavy atom. The summed E-state index contributed by atoms with van der Waals surface area (Å²) in [5.41, 5.74) is 1.43. The van der Waals surface area contributed by atoms with E-state index in [1.54, 1.807) is 0 Å². The highest BCUT2D eigenvalue weighted by molar-refractivity contribution is 4.95. The van der Waals surface area contributed by atoms with Crippen molar-refractivity contribution in [2.75, 3.05) is 32.7 Å². The molecule has 1 fully saturated rings. The average molecular weight is 210 g/mol. The number of hydrogen-bond donors (Lipinski definition) is 1. The first kappa shape index (κ1) is 12.7. The first-order chi connectivity index (χ1) is 7.22. The van der Waals surface area contributed by atoms with Crippen molar-refractivity contribution in [3.63, 3.8) is 0 Å². The lowest BCUT2D eigenvalue weighted by Crippen LogP contribution is -2.36. The fourth-order valence-corrected chi connectivity index (χ4v) is 2.07. The molecule has 1 aliphatic rings. The van der Waals surface area contributed by atoms with Crippen molar-refractivity contribution in [2.24, 2.45) is 5.92 Å². The van der Waals surface area contributed by atoms with Gasteiger partial charge in [0.2, 0.25) is 0 Å². The molecule has 1 rings (SSSR count). The van der Waals surface area contributed by atoms with Crippen LogP contribution in [0.4, 0.5) is 0 Å². The van der Waals surface area contributed by atoms with Gasteiger partial charge in [-0.2, -0.15) is 0 Å². The minimum atomic E-state index is 0.914. The van der Waals surface area contributed by atoms with Gasteiger partial charge in [-0.1, -0.05) is 18.6 Å². The zero-order chi connectivity index (χ0) is 11.1. The molecule has 1 N–H and O–H groups in total. The SMILES string of the molecule is CCN(CC=C(C)C)CC1CCNCC1. The van der Waals surface area contributed by atoms with Crippen molar-refractivity contribution in [3.8, 4) is 0 Å². The molecule has 0 aromatic carbocycles. The van der Waals surface area contributed by atoms with Crippen molar-refractivity contribution in [3.05, 3.63) is 11.6 Å². The van der Waals surface area contributed by atoms with Crippen LogP contribution < -0.4 is 5.32 Å². The zero-order valence-corrected chi connectivity index (χ0v) is 10.6. The Hall–Kier alpha value is -0.340. The van der Waals surface area contributed by atoms with Crippen LogP contribution in [0.15, 0.2) is 11.6 Å². The lowest BCUT2D eigenvalue weighted by atomic mass is 9.97. The molecule has 0 spiro atoms. The molecule has 0 unspecified atom stereocenters. The molecular weight excluding hydrogens is 184 g/mol. The molecule has 0 aliphatic carbocycles. The minimum absolute atomic E-state index is 0.914. The van der Waals surface area contributed by atoms with Gasteiger partial charge in [0, 0.05) is 13.1 Å². The van der Waals surface area contributed by atoms with Crippen LogP contribution in [0.1, 0.15) is 33.6 Å². The Morgan fingerprint density at radius 2 is 2.00 bits per heavy atom. The Labute approximate surface area is 94.7 Å². The van der Waals surface area contributed by atoms with Crippen LogP contribution in [0.25, 0.3) is 0 Å². The van der Waals surface area contributed by atoms with Crippen LogP contribution >= 0.6 is 0 Å². The summed E-state index contributed by atoms with van der Waals surface area (Å²) >= 11 is 0. The summed E-state index contributed by atoms with van der Waals surface area (Å²) in [6.07, 6.45) is 5.04. The van der Waals surface area contributed by atoms with Crippen LogP contribution in [0.2, 0.25) is 0 Å². The van der Waals surface area contributed by atoms with Gasteiger partial charge in [0.1, 0.15) is 0 Å². The Morgan fingerprint density at radius 1 is 1.33 bits per heavy atom. The topological polar surface area (TPSA) is 15.3 Å². The molecule has 88 valence electrons. The van der Waals surface area contributed by atoms with Gasteiger partial charge in [0.25, 0.3) is 0 Å². The number of hydrogen-bond acceptors (Lipinski definition) is 2. The van der Waals surface area contributed by atoms with Crippen LogP contribution in [0.3, 0.4) is 0 Å². The van der Waals surface area contributed by atoms with E-state index in [0.29, 0.717) is 0 Å². The van der Waals surface area contributed by atoms with E-state index in [4.69, 9.17) is 0 Å². The third-order valence-electron chi connectivity index (χ3n) is 3.18. The van der Waals surface area contributed by atoms with E-state index in [2.05, 4.69) is 37.1 Å². The van der Waals surface area contributed by atoms with Gasteiger partial charge >= 0.3 is 0 Å². The first-order valence-electron chi connectivity index (χ1n) is 6.28. The fourth-order valence-electron chi connectivity index (χ4n) is 2.07. The Bertz CT molecular complexity index is 189. The van der Waals surface area contributed by atoms with Crippen molar-refractivity contribution in [2.45, 2.75) is 33.6 Å². The molecule has 2 heteroatoms. The van der Waals surface area contributed by atoms with Crippen LogP contribution in [0, 0.1) is 5.92 Å². The second-order valence-corrected chi connectivity index (χ2v) is 4.83. The summed E-state index contributed by atoms with van der Waals surface area (Å²) in [6.45, 7) is 12.6. The molecule has 0 radical (unpaired) electrons. The number of likely N-dealkylation sites (N-methyl/N-ethyl adjacent to an activating group) is 1. The first-order valence-corrected chi connectivity index (χ1v) is 6.28. The molecule has 0 aromatic heterocycles. The number of nitrogens with one attached hydrogen (secondary N) is 1. The van der Waals surface area contributed by atoms with Crippen LogP contribution in [-0.4, -0.2) is 37.6 Å². The standard InChI is InChI=1S/C13H26N2/c1-4-15(10-7-12(2)3)11-13-5-8-14-9-6-13/h7,13-14H,4-6,8-11H2,1-3H3. The molecule has 1 heterocycles. The molecule has 0 saturated carbocycles. The normalized spacial score (nSPS) is 18.1. The summed E-state index contributed by atoms with van der Waals surface area (Å²) in [5, 5.41) is 3.43. The van der Waals surface area contributed by atoms with E-state index in [0.717, 1.165) is 12.5 Å². The molecule has 0 aromatic rings. The van der Waals surface area contributed by atoms with Crippen molar-refractivity contribution < 1.29 is 0 Å². The van der Waals surface area contributed by atoms with E-state index in [1.165, 1.54) is 44.6 Å². The second kappa shape index (κ2) is 7.02. The number of nitrogens with zero attached hydrogens (tertiary/aromatic N) is 1. The summed E-state index contributed by atoms with van der Waals surface area (Å²) in [4.78, 5) is 2.56. The maximum atomic E-state index is 3.43. The molecule has 1 aliphatic heterocycles. The summed E-state index contributed by atoms with van der Waals surface area (Å²) in [6, 6.07) is 0. The molecule has 1 saturated heterocycles. The van der Waals surface area contributed by atoms with Gasteiger partial charge in [-0.3, -0.25) is 4.90 Å². The highest BCUT2D eigenvalue weighted by Crippen LogP contribution is 2.13. The van der Waals surface area contributed by atoms with Gasteiger partial charge < -0.3 is 5.32 Å². The third-order valence-corrected chi connectivity index (χ3v) is 3.18. The van der Waals surface area contributed by atoms with E-state index in [9.17, 15) is 0 Å². The fraction of sp³-hybridized carbons (Fsp3) is 0.846. The summed E-state index contributed by atoms with van der Waals surface area (Å²) in [7, 11) is 0. The number of piperidine rings is 1. The summed E-state index contributed by atoms with van der Waals surface area (Å²) in [5.74, 6) is 0.914. The molecule has 0 atom stereocenters.